The second kappa shape index (κ2) is 13.7. The Morgan fingerprint density at radius 3 is 2.23 bits per heavy atom. The van der Waals surface area contributed by atoms with Crippen molar-refractivity contribution in [1.29, 1.82) is 0 Å². The number of Topliss-reactive ketones (excluding diaryl/α,β-unsaturated/α-hetero) is 1. The quantitative estimate of drug-likeness (QED) is 0.197. The molecule has 0 aliphatic carbocycles. The molecule has 0 spiro atoms. The summed E-state index contributed by atoms with van der Waals surface area (Å²) in [4.78, 5) is 41.0. The van der Waals surface area contributed by atoms with Gasteiger partial charge < -0.3 is 5.32 Å². The number of benzene rings is 3. The highest BCUT2D eigenvalue weighted by Crippen LogP contribution is 2.47. The minimum atomic E-state index is -4.65. The Labute approximate surface area is 265 Å². The standard InChI is InChI=1S/C31H26F4N4O3.2H2S/c1-18-27-28(20-11-13-23(32)14-12-20)25(16-26(41)21-7-6-8-22(15-21)31(33,34)35)30(42)38(17-36-19(2)40)29(27)39(37-18)24-9-4-3-5-10-24;;/h3-15,25,28H,16-17H2,1-2H3,(H,36,40);2*1H2/t25-,28+;;/m0../s1. The molecule has 2 atom stereocenters. The fraction of sp³-hybridized carbons (Fsp3) is 0.226. The molecule has 0 unspecified atom stereocenters. The van der Waals surface area contributed by atoms with Crippen LogP contribution in [0.5, 0.6) is 0 Å². The SMILES string of the molecule is CC(=O)NCN1C(=O)[C@@H](CC(=O)c2cccc(C(F)(F)F)c2)[C@@H](c2ccc(F)cc2)c2c(C)nn(-c3ccccc3)c21.S.S. The molecule has 4 aromatic rings. The fourth-order valence-electron chi connectivity index (χ4n) is 5.35. The van der Waals surface area contributed by atoms with E-state index in [0.717, 1.165) is 18.2 Å². The van der Waals surface area contributed by atoms with Gasteiger partial charge in [0, 0.05) is 30.4 Å². The summed E-state index contributed by atoms with van der Waals surface area (Å²) in [5, 5.41) is 7.34. The Morgan fingerprint density at radius 1 is 0.955 bits per heavy atom. The molecule has 7 nitrogen and oxygen atoms in total. The number of nitrogens with zero attached hydrogens (tertiary/aromatic N) is 3. The van der Waals surface area contributed by atoms with Crippen molar-refractivity contribution in [1.82, 2.24) is 15.1 Å². The number of anilines is 1. The minimum absolute atomic E-state index is 0. The summed E-state index contributed by atoms with van der Waals surface area (Å²) in [5.41, 5.74) is 1.11. The summed E-state index contributed by atoms with van der Waals surface area (Å²) in [5.74, 6) is -3.61. The molecular formula is C31H30F4N4O3S2. The van der Waals surface area contributed by atoms with Crippen LogP contribution in [0.4, 0.5) is 23.4 Å². The van der Waals surface area contributed by atoms with Gasteiger partial charge in [0.25, 0.3) is 0 Å². The highest BCUT2D eigenvalue weighted by Gasteiger charge is 2.46. The molecule has 1 aliphatic rings. The number of fused-ring (bicyclic) bond motifs is 1. The van der Waals surface area contributed by atoms with Crippen LogP contribution in [0.2, 0.25) is 0 Å². The topological polar surface area (TPSA) is 84.3 Å². The van der Waals surface area contributed by atoms with E-state index in [1.807, 2.05) is 6.07 Å². The lowest BCUT2D eigenvalue weighted by Gasteiger charge is -2.38. The monoisotopic (exact) mass is 646 g/mol. The number of aryl methyl sites for hydroxylation is 1. The van der Waals surface area contributed by atoms with Crippen molar-refractivity contribution in [2.75, 3.05) is 11.6 Å². The number of amides is 2. The number of hydrogen-bond acceptors (Lipinski definition) is 4. The lowest BCUT2D eigenvalue weighted by molar-refractivity contribution is -0.137. The minimum Gasteiger partial charge on any atom is -0.338 e. The first kappa shape index (κ1) is 34.4. The largest absolute Gasteiger partial charge is 0.416 e. The molecule has 2 amide bonds. The van der Waals surface area contributed by atoms with Gasteiger partial charge in [-0.2, -0.15) is 45.3 Å². The van der Waals surface area contributed by atoms with Crippen LogP contribution in [0.15, 0.2) is 78.9 Å². The molecule has 3 aromatic carbocycles. The number of rotatable bonds is 7. The maximum absolute atomic E-state index is 14.3. The zero-order valence-corrected chi connectivity index (χ0v) is 25.7. The zero-order valence-electron chi connectivity index (χ0n) is 23.7. The van der Waals surface area contributed by atoms with Gasteiger partial charge in [-0.25, -0.2) is 9.07 Å². The molecule has 13 heteroatoms. The van der Waals surface area contributed by atoms with Gasteiger partial charge in [-0.05, 0) is 48.9 Å². The highest BCUT2D eigenvalue weighted by atomic mass is 32.1. The Bertz CT molecular complexity index is 1660. The van der Waals surface area contributed by atoms with Crippen molar-refractivity contribution >= 4 is 50.4 Å². The van der Waals surface area contributed by atoms with Crippen LogP contribution in [0, 0.1) is 18.7 Å². The molecular weight excluding hydrogens is 616 g/mol. The number of ketones is 1. The van der Waals surface area contributed by atoms with E-state index in [1.54, 1.807) is 35.9 Å². The summed E-state index contributed by atoms with van der Waals surface area (Å²) in [6, 6.07) is 18.6. The lowest BCUT2D eigenvalue weighted by atomic mass is 9.74. The Kier molecular flexibility index (Phi) is 10.7. The van der Waals surface area contributed by atoms with Crippen LogP contribution >= 0.6 is 27.0 Å². The van der Waals surface area contributed by atoms with Gasteiger partial charge >= 0.3 is 6.18 Å². The summed E-state index contributed by atoms with van der Waals surface area (Å²) in [6.45, 7) is 2.81. The van der Waals surface area contributed by atoms with E-state index in [0.29, 0.717) is 28.3 Å². The van der Waals surface area contributed by atoms with Crippen molar-refractivity contribution in [2.45, 2.75) is 32.4 Å². The van der Waals surface area contributed by atoms with Gasteiger partial charge in [-0.1, -0.05) is 42.5 Å². The van der Waals surface area contributed by atoms with E-state index in [4.69, 9.17) is 5.10 Å². The number of nitrogens with one attached hydrogen (secondary N) is 1. The first-order valence-corrected chi connectivity index (χ1v) is 13.1. The predicted octanol–water partition coefficient (Wildman–Crippen LogP) is 6.03. The number of para-hydroxylation sites is 1. The molecule has 2 heterocycles. The Hall–Kier alpha value is -4.10. The van der Waals surface area contributed by atoms with Gasteiger partial charge in [0.2, 0.25) is 11.8 Å². The van der Waals surface area contributed by atoms with Gasteiger partial charge in [0.1, 0.15) is 11.6 Å². The van der Waals surface area contributed by atoms with Crippen molar-refractivity contribution in [2.24, 2.45) is 5.92 Å². The predicted molar refractivity (Wildman–Crippen MR) is 167 cm³/mol. The van der Waals surface area contributed by atoms with Crippen LogP contribution in [0.25, 0.3) is 5.69 Å². The van der Waals surface area contributed by atoms with Gasteiger partial charge in [0.15, 0.2) is 5.78 Å². The lowest BCUT2D eigenvalue weighted by Crippen LogP contribution is -2.49. The van der Waals surface area contributed by atoms with E-state index in [9.17, 15) is 31.9 Å². The molecule has 0 fully saturated rings. The third-order valence-electron chi connectivity index (χ3n) is 7.27. The Morgan fingerprint density at radius 2 is 1.61 bits per heavy atom. The van der Waals surface area contributed by atoms with E-state index < -0.39 is 53.4 Å². The molecule has 5 rings (SSSR count). The van der Waals surface area contributed by atoms with Gasteiger partial charge in [0.05, 0.1) is 29.5 Å². The summed E-state index contributed by atoms with van der Waals surface area (Å²) >= 11 is 0. The van der Waals surface area contributed by atoms with Crippen LogP contribution in [0.1, 0.15) is 52.0 Å². The third kappa shape index (κ3) is 6.83. The zero-order chi connectivity index (χ0) is 30.2. The molecule has 44 heavy (non-hydrogen) atoms. The number of hydrogen-bond donors (Lipinski definition) is 1. The second-order valence-electron chi connectivity index (χ2n) is 10.1. The normalized spacial score (nSPS) is 16.0. The molecule has 1 N–H and O–H groups in total. The second-order valence-corrected chi connectivity index (χ2v) is 10.1. The average Bonchev–Trinajstić information content (AvgIpc) is 3.30. The summed E-state index contributed by atoms with van der Waals surface area (Å²) in [7, 11) is 0. The number of halogens is 4. The smallest absolute Gasteiger partial charge is 0.338 e. The van der Waals surface area contributed by atoms with Crippen LogP contribution < -0.4 is 10.2 Å². The average molecular weight is 647 g/mol. The Balaban J connectivity index is 0.00000264. The highest BCUT2D eigenvalue weighted by molar-refractivity contribution is 7.59. The van der Waals surface area contributed by atoms with E-state index >= 15 is 0 Å². The summed E-state index contributed by atoms with van der Waals surface area (Å²) in [6.07, 6.45) is -5.09. The fourth-order valence-corrected chi connectivity index (χ4v) is 5.35. The van der Waals surface area contributed by atoms with Gasteiger partial charge in [-0.15, -0.1) is 0 Å². The van der Waals surface area contributed by atoms with Crippen molar-refractivity contribution in [3.8, 4) is 5.69 Å². The maximum Gasteiger partial charge on any atom is 0.416 e. The summed E-state index contributed by atoms with van der Waals surface area (Å²) < 4.78 is 55.7. The van der Waals surface area contributed by atoms with Crippen LogP contribution in [-0.4, -0.2) is 34.0 Å². The number of carbonyl (C=O) groups is 3. The molecule has 1 aromatic heterocycles. The van der Waals surface area contributed by atoms with Crippen LogP contribution in [-0.2, 0) is 15.8 Å². The first-order chi connectivity index (χ1) is 20.0. The van der Waals surface area contributed by atoms with Crippen molar-refractivity contribution in [3.63, 3.8) is 0 Å². The molecule has 0 bridgehead atoms. The maximum atomic E-state index is 14.3. The van der Waals surface area contributed by atoms with E-state index in [2.05, 4.69) is 5.32 Å². The number of aromatic nitrogens is 2. The number of carbonyl (C=O) groups excluding carboxylic acids is 3. The van der Waals surface area contributed by atoms with E-state index in [1.165, 1.54) is 42.2 Å². The van der Waals surface area contributed by atoms with Crippen LogP contribution in [0.3, 0.4) is 0 Å². The van der Waals surface area contributed by atoms with Crippen molar-refractivity contribution < 1.29 is 31.9 Å². The molecule has 0 saturated carbocycles. The number of alkyl halides is 3. The molecule has 0 radical (unpaired) electrons. The van der Waals surface area contributed by atoms with Gasteiger partial charge in [-0.3, -0.25) is 19.3 Å². The third-order valence-corrected chi connectivity index (χ3v) is 7.27. The van der Waals surface area contributed by atoms with E-state index in [-0.39, 0.29) is 39.2 Å². The molecule has 1 aliphatic heterocycles. The molecule has 232 valence electrons. The van der Waals surface area contributed by atoms with Crippen molar-refractivity contribution in [3.05, 3.63) is 113 Å². The molecule has 0 saturated heterocycles. The first-order valence-electron chi connectivity index (χ1n) is 13.1.